The molecular weight excluding hydrogens is 329 g/mol. The molecule has 1 amide bonds. The molecule has 1 atom stereocenters. The van der Waals surface area contributed by atoms with Crippen molar-refractivity contribution in [1.29, 1.82) is 0 Å². The number of aryl methyl sites for hydroxylation is 1. The van der Waals surface area contributed by atoms with E-state index in [9.17, 15) is 14.3 Å². The number of nitrogens with one attached hydrogen (secondary N) is 1. The number of benzene rings is 1. The molecule has 134 valence electrons. The molecule has 2 N–H and O–H groups in total. The Morgan fingerprint density at radius 3 is 2.96 bits per heavy atom. The van der Waals surface area contributed by atoms with E-state index >= 15 is 0 Å². The molecular formula is C16H20FN5O3. The van der Waals surface area contributed by atoms with Gasteiger partial charge in [0.2, 0.25) is 5.91 Å². The Bertz CT molecular complexity index is 719. The number of aromatic nitrogens is 4. The molecule has 9 heteroatoms. The molecule has 1 aromatic carbocycles. The molecule has 1 saturated carbocycles. The Hall–Kier alpha value is -2.55. The van der Waals surface area contributed by atoms with Crippen LogP contribution in [0.2, 0.25) is 0 Å². The standard InChI is InChI=1S/C16H20FN5O3/c1-25-14-3-2-11(17)8-13(14)16(10-6-12(23)7-10)19-15(24)4-5-22-9-18-20-21-22/h2-3,8-10,12,16,23H,4-7H2,1H3,(H,19,24)/t10?,12?,16-/m0/s1. The van der Waals surface area contributed by atoms with Crippen molar-refractivity contribution in [2.45, 2.75) is 38.0 Å². The second-order valence-corrected chi connectivity index (χ2v) is 6.14. The minimum atomic E-state index is -0.421. The van der Waals surface area contributed by atoms with Gasteiger partial charge in [0.25, 0.3) is 0 Å². The van der Waals surface area contributed by atoms with E-state index in [4.69, 9.17) is 4.74 Å². The number of amides is 1. The zero-order valence-electron chi connectivity index (χ0n) is 13.8. The van der Waals surface area contributed by atoms with Crippen LogP contribution >= 0.6 is 0 Å². The number of tetrazole rings is 1. The zero-order chi connectivity index (χ0) is 17.8. The van der Waals surface area contributed by atoms with Crippen molar-refractivity contribution < 1.29 is 19.0 Å². The first kappa shape index (κ1) is 17.3. The molecule has 0 spiro atoms. The third-order valence-corrected chi connectivity index (χ3v) is 4.42. The minimum absolute atomic E-state index is 0.0303. The van der Waals surface area contributed by atoms with Crippen LogP contribution in [0.3, 0.4) is 0 Å². The van der Waals surface area contributed by atoms with Gasteiger partial charge in [-0.15, -0.1) is 5.10 Å². The van der Waals surface area contributed by atoms with Crippen molar-refractivity contribution in [3.8, 4) is 5.75 Å². The van der Waals surface area contributed by atoms with E-state index in [1.807, 2.05) is 0 Å². The van der Waals surface area contributed by atoms with E-state index < -0.39 is 11.9 Å². The first-order valence-electron chi connectivity index (χ1n) is 8.08. The molecule has 0 unspecified atom stereocenters. The van der Waals surface area contributed by atoms with E-state index in [1.165, 1.54) is 30.3 Å². The van der Waals surface area contributed by atoms with Crippen LogP contribution in [0, 0.1) is 11.7 Å². The van der Waals surface area contributed by atoms with Gasteiger partial charge in [-0.05, 0) is 47.4 Å². The SMILES string of the molecule is COc1ccc(F)cc1[C@@H](NC(=O)CCn1cnnn1)C1CC(O)C1. The van der Waals surface area contributed by atoms with Crippen LogP contribution in [0.25, 0.3) is 0 Å². The van der Waals surface area contributed by atoms with Gasteiger partial charge in [0.15, 0.2) is 0 Å². The number of aliphatic hydroxyl groups is 1. The number of rotatable bonds is 7. The van der Waals surface area contributed by atoms with Gasteiger partial charge >= 0.3 is 0 Å². The average molecular weight is 349 g/mol. The second-order valence-electron chi connectivity index (χ2n) is 6.14. The Kier molecular flexibility index (Phi) is 5.22. The van der Waals surface area contributed by atoms with Crippen molar-refractivity contribution in [1.82, 2.24) is 25.5 Å². The number of halogens is 1. The lowest BCUT2D eigenvalue weighted by Crippen LogP contribution is -2.41. The first-order chi connectivity index (χ1) is 12.1. The monoisotopic (exact) mass is 349 g/mol. The molecule has 2 aromatic rings. The maximum atomic E-state index is 13.7. The lowest BCUT2D eigenvalue weighted by atomic mass is 9.74. The predicted molar refractivity (Wildman–Crippen MR) is 85.0 cm³/mol. The normalized spacial score (nSPS) is 20.6. The average Bonchev–Trinajstić information content (AvgIpc) is 3.09. The summed E-state index contributed by atoms with van der Waals surface area (Å²) in [6.07, 6.45) is 2.34. The summed E-state index contributed by atoms with van der Waals surface area (Å²) < 4.78 is 20.5. The lowest BCUT2D eigenvalue weighted by molar-refractivity contribution is -0.123. The van der Waals surface area contributed by atoms with Gasteiger partial charge in [0, 0.05) is 12.0 Å². The Morgan fingerprint density at radius 1 is 1.52 bits per heavy atom. The van der Waals surface area contributed by atoms with Gasteiger partial charge in [-0.2, -0.15) is 0 Å². The largest absolute Gasteiger partial charge is 0.496 e. The highest BCUT2D eigenvalue weighted by Gasteiger charge is 2.37. The van der Waals surface area contributed by atoms with Crippen LogP contribution in [-0.4, -0.2) is 44.4 Å². The zero-order valence-corrected chi connectivity index (χ0v) is 13.8. The number of nitrogens with zero attached hydrogens (tertiary/aromatic N) is 4. The molecule has 1 heterocycles. The highest BCUT2D eigenvalue weighted by Crippen LogP contribution is 2.41. The molecule has 8 nitrogen and oxygen atoms in total. The number of aliphatic hydroxyl groups excluding tert-OH is 1. The quantitative estimate of drug-likeness (QED) is 0.768. The van der Waals surface area contributed by atoms with Gasteiger partial charge < -0.3 is 15.2 Å². The summed E-state index contributed by atoms with van der Waals surface area (Å²) in [7, 11) is 1.50. The second kappa shape index (κ2) is 7.56. The number of hydrogen-bond acceptors (Lipinski definition) is 6. The van der Waals surface area contributed by atoms with Gasteiger partial charge in [-0.1, -0.05) is 0 Å². The third kappa shape index (κ3) is 4.11. The molecule has 0 saturated heterocycles. The van der Waals surface area contributed by atoms with E-state index in [0.717, 1.165) is 0 Å². The fourth-order valence-electron chi connectivity index (χ4n) is 3.04. The van der Waals surface area contributed by atoms with Gasteiger partial charge in [0.1, 0.15) is 17.9 Å². The minimum Gasteiger partial charge on any atom is -0.496 e. The molecule has 25 heavy (non-hydrogen) atoms. The van der Waals surface area contributed by atoms with Crippen LogP contribution < -0.4 is 10.1 Å². The molecule has 0 bridgehead atoms. The molecule has 1 aliphatic rings. The number of carbonyl (C=O) groups excluding carboxylic acids is 1. The number of methoxy groups -OCH3 is 1. The van der Waals surface area contributed by atoms with Crippen molar-refractivity contribution in [3.05, 3.63) is 35.9 Å². The van der Waals surface area contributed by atoms with Crippen molar-refractivity contribution >= 4 is 5.91 Å². The summed E-state index contributed by atoms with van der Waals surface area (Å²) in [5.74, 6) is -0.0620. The van der Waals surface area contributed by atoms with E-state index in [0.29, 0.717) is 30.7 Å². The molecule has 1 aliphatic carbocycles. The molecule has 0 radical (unpaired) electrons. The molecule has 1 fully saturated rings. The van der Waals surface area contributed by atoms with E-state index in [-0.39, 0.29) is 24.3 Å². The summed E-state index contributed by atoms with van der Waals surface area (Å²) in [5.41, 5.74) is 0.579. The smallest absolute Gasteiger partial charge is 0.222 e. The number of carbonyl (C=O) groups is 1. The summed E-state index contributed by atoms with van der Waals surface area (Å²) in [6.45, 7) is 0.346. The highest BCUT2D eigenvalue weighted by atomic mass is 19.1. The van der Waals surface area contributed by atoms with Crippen LogP contribution in [0.4, 0.5) is 4.39 Å². The fraction of sp³-hybridized carbons (Fsp3) is 0.500. The first-order valence-corrected chi connectivity index (χ1v) is 8.08. The highest BCUT2D eigenvalue weighted by molar-refractivity contribution is 5.76. The maximum absolute atomic E-state index is 13.7. The maximum Gasteiger partial charge on any atom is 0.222 e. The van der Waals surface area contributed by atoms with Gasteiger partial charge in [-0.3, -0.25) is 4.79 Å². The Labute approximate surface area is 144 Å². The van der Waals surface area contributed by atoms with Crippen molar-refractivity contribution in [3.63, 3.8) is 0 Å². The predicted octanol–water partition coefficient (Wildman–Crippen LogP) is 0.839. The molecule has 3 rings (SSSR count). The van der Waals surface area contributed by atoms with E-state index in [1.54, 1.807) is 6.07 Å². The Balaban J connectivity index is 1.73. The van der Waals surface area contributed by atoms with Crippen LogP contribution in [0.1, 0.15) is 30.9 Å². The number of ether oxygens (including phenoxy) is 1. The van der Waals surface area contributed by atoms with Crippen molar-refractivity contribution in [2.75, 3.05) is 7.11 Å². The lowest BCUT2D eigenvalue weighted by Gasteiger charge is -2.38. The van der Waals surface area contributed by atoms with Crippen LogP contribution in [-0.2, 0) is 11.3 Å². The number of hydrogen-bond donors (Lipinski definition) is 2. The summed E-state index contributed by atoms with van der Waals surface area (Å²) in [6, 6.07) is 3.81. The summed E-state index contributed by atoms with van der Waals surface area (Å²) in [4.78, 5) is 12.3. The van der Waals surface area contributed by atoms with Crippen molar-refractivity contribution in [2.24, 2.45) is 5.92 Å². The van der Waals surface area contributed by atoms with Crippen LogP contribution in [0.15, 0.2) is 24.5 Å². The van der Waals surface area contributed by atoms with E-state index in [2.05, 4.69) is 20.8 Å². The molecule has 1 aromatic heterocycles. The third-order valence-electron chi connectivity index (χ3n) is 4.42. The topological polar surface area (TPSA) is 102 Å². The van der Waals surface area contributed by atoms with Gasteiger partial charge in [-0.25, -0.2) is 9.07 Å². The fourth-order valence-corrected chi connectivity index (χ4v) is 3.04. The summed E-state index contributed by atoms with van der Waals surface area (Å²) in [5, 5.41) is 23.3. The van der Waals surface area contributed by atoms with Gasteiger partial charge in [0.05, 0.1) is 25.8 Å². The summed E-state index contributed by atoms with van der Waals surface area (Å²) >= 11 is 0. The molecule has 0 aliphatic heterocycles. The Morgan fingerprint density at radius 2 is 2.32 bits per heavy atom. The van der Waals surface area contributed by atoms with Crippen LogP contribution in [0.5, 0.6) is 5.75 Å².